The second-order valence-corrected chi connectivity index (χ2v) is 12.5. The van der Waals surface area contributed by atoms with Gasteiger partial charge in [0.1, 0.15) is 8.83 Å². The normalized spacial score (nSPS) is 26.1. The number of sulfonamides is 1. The van der Waals surface area contributed by atoms with Gasteiger partial charge in [0.15, 0.2) is 0 Å². The summed E-state index contributed by atoms with van der Waals surface area (Å²) in [5.74, 6) is 0.143. The quantitative estimate of drug-likeness (QED) is 0.543. The molecule has 2 aromatic rings. The molecule has 7 heteroatoms. The van der Waals surface area contributed by atoms with Crippen LogP contribution in [0.3, 0.4) is 0 Å². The molecule has 0 N–H and O–H groups in total. The number of fused-ring (bicyclic) bond motifs is 3. The van der Waals surface area contributed by atoms with Gasteiger partial charge in [0.2, 0.25) is 0 Å². The molecule has 1 aliphatic heterocycles. The molecule has 1 saturated carbocycles. The van der Waals surface area contributed by atoms with Gasteiger partial charge in [0.05, 0.1) is 10.6 Å². The maximum absolute atomic E-state index is 13.4. The molecule has 1 aliphatic carbocycles. The highest BCUT2D eigenvalue weighted by Gasteiger charge is 2.78. The Bertz CT molecular complexity index is 975. The first kappa shape index (κ1) is 19.4. The maximum Gasteiger partial charge on any atom is 0.264 e. The molecule has 2 aliphatic rings. The van der Waals surface area contributed by atoms with E-state index in [0.717, 1.165) is 11.1 Å². The molecule has 0 radical (unpaired) electrons. The fourth-order valence-corrected chi connectivity index (χ4v) is 7.74. The van der Waals surface area contributed by atoms with E-state index in [2.05, 4.69) is 31.9 Å². The molecule has 2 aromatic carbocycles. The molecule has 1 fully saturated rings. The van der Waals surface area contributed by atoms with E-state index in [0.29, 0.717) is 30.2 Å². The van der Waals surface area contributed by atoms with Crippen molar-refractivity contribution in [2.45, 2.75) is 34.0 Å². The van der Waals surface area contributed by atoms with Crippen molar-refractivity contribution in [3.05, 3.63) is 59.7 Å². The highest BCUT2D eigenvalue weighted by atomic mass is 79.9. The van der Waals surface area contributed by atoms with Gasteiger partial charge in [0, 0.05) is 24.6 Å². The largest absolute Gasteiger partial charge is 0.368 e. The third-order valence-electron chi connectivity index (χ3n) is 5.51. The molecule has 0 spiro atoms. The van der Waals surface area contributed by atoms with Crippen molar-refractivity contribution >= 4 is 47.6 Å². The predicted molar refractivity (Wildman–Crippen MR) is 114 cm³/mol. The van der Waals surface area contributed by atoms with E-state index in [1.54, 1.807) is 12.1 Å². The zero-order valence-electron chi connectivity index (χ0n) is 15.2. The van der Waals surface area contributed by atoms with Crippen LogP contribution >= 0.6 is 31.9 Å². The van der Waals surface area contributed by atoms with Gasteiger partial charge in [-0.15, -0.1) is 0 Å². The van der Waals surface area contributed by atoms with Gasteiger partial charge in [-0.05, 0) is 38.5 Å². The van der Waals surface area contributed by atoms with Crippen molar-refractivity contribution in [1.82, 2.24) is 0 Å². The summed E-state index contributed by atoms with van der Waals surface area (Å²) in [6.07, 6.45) is 0.691. The van der Waals surface area contributed by atoms with E-state index in [9.17, 15) is 8.42 Å². The molecule has 0 saturated heterocycles. The Labute approximate surface area is 177 Å². The number of aryl methyl sites for hydroxylation is 1. The van der Waals surface area contributed by atoms with Gasteiger partial charge in [-0.1, -0.05) is 67.8 Å². The molecule has 0 bridgehead atoms. The summed E-state index contributed by atoms with van der Waals surface area (Å²) in [4.78, 5) is 0.313. The van der Waals surface area contributed by atoms with Gasteiger partial charge in [-0.2, -0.15) is 0 Å². The average Bonchev–Trinajstić information content (AvgIpc) is 3.16. The van der Waals surface area contributed by atoms with Crippen LogP contribution in [0, 0.1) is 12.8 Å². The Kier molecular flexibility index (Phi) is 4.73. The minimum absolute atomic E-state index is 0.143. The van der Waals surface area contributed by atoms with Crippen molar-refractivity contribution < 1.29 is 13.2 Å². The lowest BCUT2D eigenvalue weighted by Gasteiger charge is -2.28. The molecule has 27 heavy (non-hydrogen) atoms. The van der Waals surface area contributed by atoms with Crippen molar-refractivity contribution in [3.8, 4) is 0 Å². The van der Waals surface area contributed by atoms with Crippen LogP contribution < -0.4 is 4.31 Å². The highest BCUT2D eigenvalue weighted by molar-refractivity contribution is 9.25. The number of hydrogen-bond acceptors (Lipinski definition) is 3. The van der Waals surface area contributed by atoms with Crippen molar-refractivity contribution in [2.75, 3.05) is 17.5 Å². The molecular weight excluding hydrogens is 494 g/mol. The Balaban J connectivity index is 1.86. The molecule has 4 nitrogen and oxygen atoms in total. The smallest absolute Gasteiger partial charge is 0.264 e. The lowest BCUT2D eigenvalue weighted by molar-refractivity contribution is 0.0269. The SMILES string of the molecule is CCO[C@@]12c3ccccc3N(S(=O)(=O)c3ccc(C)cc3)CC[C@@H]1C2(Br)Br. The van der Waals surface area contributed by atoms with E-state index in [4.69, 9.17) is 4.74 Å². The van der Waals surface area contributed by atoms with Crippen molar-refractivity contribution in [2.24, 2.45) is 5.92 Å². The van der Waals surface area contributed by atoms with Crippen LogP contribution in [0.25, 0.3) is 0 Å². The summed E-state index contributed by atoms with van der Waals surface area (Å²) in [6.45, 7) is 4.87. The average molecular weight is 515 g/mol. The van der Waals surface area contributed by atoms with E-state index < -0.39 is 15.6 Å². The van der Waals surface area contributed by atoms with E-state index in [1.165, 1.54) is 4.31 Å². The number of benzene rings is 2. The van der Waals surface area contributed by atoms with Crippen LogP contribution in [0.5, 0.6) is 0 Å². The van der Waals surface area contributed by atoms with Crippen LogP contribution in [0.4, 0.5) is 5.69 Å². The Morgan fingerprint density at radius 3 is 2.48 bits per heavy atom. The number of nitrogens with zero attached hydrogens (tertiary/aromatic N) is 1. The number of rotatable bonds is 4. The fourth-order valence-electron chi connectivity index (χ4n) is 4.16. The number of halogens is 2. The van der Waals surface area contributed by atoms with Gasteiger partial charge in [-0.25, -0.2) is 8.42 Å². The second-order valence-electron chi connectivity index (χ2n) is 7.04. The lowest BCUT2D eigenvalue weighted by Crippen LogP contribution is -2.33. The number of hydrogen-bond donors (Lipinski definition) is 0. The lowest BCUT2D eigenvalue weighted by atomic mass is 10.0. The number of ether oxygens (including phenoxy) is 1. The van der Waals surface area contributed by atoms with Gasteiger partial charge in [0.25, 0.3) is 10.0 Å². The third kappa shape index (κ3) is 2.73. The highest BCUT2D eigenvalue weighted by Crippen LogP contribution is 2.75. The summed E-state index contributed by atoms with van der Waals surface area (Å²) in [7, 11) is -3.65. The van der Waals surface area contributed by atoms with E-state index in [1.807, 2.05) is 50.2 Å². The molecule has 0 amide bonds. The van der Waals surface area contributed by atoms with Crippen LogP contribution in [0.2, 0.25) is 0 Å². The summed E-state index contributed by atoms with van der Waals surface area (Å²) in [5, 5.41) is 0. The summed E-state index contributed by atoms with van der Waals surface area (Å²) < 4.78 is 34.2. The molecular formula is C20H21Br2NO3S. The van der Waals surface area contributed by atoms with Gasteiger partial charge in [-0.3, -0.25) is 4.31 Å². The van der Waals surface area contributed by atoms with E-state index in [-0.39, 0.29) is 9.15 Å². The van der Waals surface area contributed by atoms with Crippen LogP contribution in [-0.4, -0.2) is 24.8 Å². The Hall–Kier alpha value is -0.890. The minimum Gasteiger partial charge on any atom is -0.368 e. The molecule has 2 atom stereocenters. The van der Waals surface area contributed by atoms with Crippen LogP contribution in [-0.2, 0) is 20.4 Å². The second kappa shape index (κ2) is 6.58. The summed E-state index contributed by atoms with van der Waals surface area (Å²) in [5.41, 5.74) is 2.05. The first-order valence-corrected chi connectivity index (χ1v) is 12.0. The first-order chi connectivity index (χ1) is 12.8. The number of para-hydroxylation sites is 1. The van der Waals surface area contributed by atoms with Crippen molar-refractivity contribution in [1.29, 1.82) is 0 Å². The summed E-state index contributed by atoms with van der Waals surface area (Å²) >= 11 is 7.58. The van der Waals surface area contributed by atoms with Gasteiger partial charge >= 0.3 is 0 Å². The number of anilines is 1. The molecule has 4 rings (SSSR count). The van der Waals surface area contributed by atoms with E-state index >= 15 is 0 Å². The minimum atomic E-state index is -3.65. The summed E-state index contributed by atoms with van der Waals surface area (Å²) in [6, 6.07) is 14.7. The third-order valence-corrected chi connectivity index (χ3v) is 9.63. The maximum atomic E-state index is 13.4. The fraction of sp³-hybridized carbons (Fsp3) is 0.400. The number of alkyl halides is 2. The van der Waals surface area contributed by atoms with Crippen LogP contribution in [0.15, 0.2) is 53.4 Å². The topological polar surface area (TPSA) is 46.6 Å². The van der Waals surface area contributed by atoms with Crippen LogP contribution in [0.1, 0.15) is 24.5 Å². The standard InChI is InChI=1S/C20H21Br2NO3S/c1-3-26-19-16-6-4-5-7-17(16)23(13-12-18(19)20(19,21)22)27(24,25)15-10-8-14(2)9-11-15/h4-11,18H,3,12-13H2,1-2H3/t18-,19-/m0/s1. The molecule has 144 valence electrons. The van der Waals surface area contributed by atoms with Gasteiger partial charge < -0.3 is 4.74 Å². The predicted octanol–water partition coefficient (Wildman–Crippen LogP) is 4.94. The molecule has 0 unspecified atom stereocenters. The molecule has 1 heterocycles. The Morgan fingerprint density at radius 2 is 1.81 bits per heavy atom. The first-order valence-electron chi connectivity index (χ1n) is 8.97. The zero-order chi connectivity index (χ0) is 19.4. The zero-order valence-corrected chi connectivity index (χ0v) is 19.1. The molecule has 0 aromatic heterocycles. The monoisotopic (exact) mass is 513 g/mol. The van der Waals surface area contributed by atoms with Crippen molar-refractivity contribution in [3.63, 3.8) is 0 Å². The Morgan fingerprint density at radius 1 is 1.15 bits per heavy atom.